The number of rotatable bonds is 4. The van der Waals surface area contributed by atoms with Gasteiger partial charge in [-0.3, -0.25) is 10.1 Å². The molecule has 1 aromatic heterocycles. The minimum absolute atomic E-state index is 0.0926. The Bertz CT molecular complexity index is 668. The summed E-state index contributed by atoms with van der Waals surface area (Å²) in [5, 5.41) is 0. The fourth-order valence-corrected chi connectivity index (χ4v) is 3.00. The highest BCUT2D eigenvalue weighted by Gasteiger charge is 2.16. The predicted molar refractivity (Wildman–Crippen MR) is 77.1 cm³/mol. The van der Waals surface area contributed by atoms with Gasteiger partial charge in [-0.1, -0.05) is 19.1 Å². The third-order valence-electron chi connectivity index (χ3n) is 3.11. The van der Waals surface area contributed by atoms with Crippen molar-refractivity contribution in [3.63, 3.8) is 0 Å². The molecule has 0 unspecified atom stereocenters. The monoisotopic (exact) mass is 278 g/mol. The summed E-state index contributed by atoms with van der Waals surface area (Å²) in [5.41, 5.74) is 5.83. The SMILES string of the molecule is CCS(=O)(=O)c1ccccc1Nn1c(C)ccc1C. The predicted octanol–water partition coefficient (Wildman–Crippen LogP) is 2.77. The number of nitrogens with one attached hydrogen (secondary N) is 1. The molecule has 0 aliphatic carbocycles. The van der Waals surface area contributed by atoms with Gasteiger partial charge in [0, 0.05) is 11.4 Å². The topological polar surface area (TPSA) is 51.1 Å². The molecule has 0 saturated carbocycles. The summed E-state index contributed by atoms with van der Waals surface area (Å²) in [7, 11) is -3.23. The summed E-state index contributed by atoms with van der Waals surface area (Å²) < 4.78 is 26.0. The Morgan fingerprint density at radius 3 is 2.21 bits per heavy atom. The smallest absolute Gasteiger partial charge is 0.180 e. The molecule has 1 N–H and O–H groups in total. The molecule has 1 heterocycles. The minimum atomic E-state index is -3.23. The summed E-state index contributed by atoms with van der Waals surface area (Å²) in [6.45, 7) is 5.59. The number of nitrogens with zero attached hydrogens (tertiary/aromatic N) is 1. The highest BCUT2D eigenvalue weighted by atomic mass is 32.2. The van der Waals surface area contributed by atoms with Crippen LogP contribution >= 0.6 is 0 Å². The number of aromatic nitrogens is 1. The van der Waals surface area contributed by atoms with E-state index in [-0.39, 0.29) is 5.75 Å². The molecule has 1 aromatic carbocycles. The maximum atomic E-state index is 12.1. The number of para-hydroxylation sites is 1. The number of hydrogen-bond donors (Lipinski definition) is 1. The fraction of sp³-hybridized carbons (Fsp3) is 0.286. The van der Waals surface area contributed by atoms with E-state index in [9.17, 15) is 8.42 Å². The summed E-state index contributed by atoms with van der Waals surface area (Å²) >= 11 is 0. The normalized spacial score (nSPS) is 11.5. The first-order valence-corrected chi connectivity index (χ1v) is 7.84. The van der Waals surface area contributed by atoms with Crippen molar-refractivity contribution in [3.8, 4) is 0 Å². The molecule has 0 aliphatic heterocycles. The van der Waals surface area contributed by atoms with Crippen molar-refractivity contribution in [3.05, 3.63) is 47.8 Å². The van der Waals surface area contributed by atoms with E-state index in [0.717, 1.165) is 11.4 Å². The summed E-state index contributed by atoms with van der Waals surface area (Å²) in [4.78, 5) is 0.338. The van der Waals surface area contributed by atoms with Crippen LogP contribution in [0.3, 0.4) is 0 Å². The van der Waals surface area contributed by atoms with E-state index in [4.69, 9.17) is 0 Å². The van der Waals surface area contributed by atoms with Gasteiger partial charge in [0.25, 0.3) is 0 Å². The van der Waals surface area contributed by atoms with E-state index in [2.05, 4.69) is 5.43 Å². The van der Waals surface area contributed by atoms with E-state index in [1.54, 1.807) is 25.1 Å². The molecule has 102 valence electrons. The average Bonchev–Trinajstić information content (AvgIpc) is 2.71. The van der Waals surface area contributed by atoms with Crippen LogP contribution in [0.4, 0.5) is 5.69 Å². The van der Waals surface area contributed by atoms with Crippen molar-refractivity contribution >= 4 is 15.5 Å². The van der Waals surface area contributed by atoms with Gasteiger partial charge in [-0.05, 0) is 38.1 Å². The summed E-state index contributed by atoms with van der Waals surface area (Å²) in [6, 6.07) is 10.9. The molecule has 5 heteroatoms. The van der Waals surface area contributed by atoms with Gasteiger partial charge >= 0.3 is 0 Å². The Morgan fingerprint density at radius 1 is 1.05 bits per heavy atom. The van der Waals surface area contributed by atoms with Crippen molar-refractivity contribution in [2.75, 3.05) is 11.2 Å². The van der Waals surface area contributed by atoms with E-state index in [1.807, 2.05) is 36.7 Å². The zero-order valence-electron chi connectivity index (χ0n) is 11.3. The summed E-state index contributed by atoms with van der Waals surface area (Å²) in [5.74, 6) is 0.0926. The second kappa shape index (κ2) is 5.09. The van der Waals surface area contributed by atoms with Gasteiger partial charge in [-0.15, -0.1) is 0 Å². The third-order valence-corrected chi connectivity index (χ3v) is 4.89. The fourth-order valence-electron chi connectivity index (χ4n) is 1.95. The molecule has 0 spiro atoms. The van der Waals surface area contributed by atoms with Gasteiger partial charge in [0.15, 0.2) is 9.84 Å². The number of aryl methyl sites for hydroxylation is 2. The van der Waals surface area contributed by atoms with Crippen LogP contribution in [0.1, 0.15) is 18.3 Å². The highest BCUT2D eigenvalue weighted by molar-refractivity contribution is 7.91. The Balaban J connectivity index is 2.48. The van der Waals surface area contributed by atoms with Crippen molar-refractivity contribution in [2.24, 2.45) is 0 Å². The Kier molecular flexibility index (Phi) is 3.66. The van der Waals surface area contributed by atoms with Crippen molar-refractivity contribution < 1.29 is 8.42 Å². The van der Waals surface area contributed by atoms with Crippen molar-refractivity contribution in [1.82, 2.24) is 4.68 Å². The molecule has 0 bridgehead atoms. The number of sulfone groups is 1. The zero-order valence-corrected chi connectivity index (χ0v) is 12.2. The second-order valence-corrected chi connectivity index (χ2v) is 6.71. The quantitative estimate of drug-likeness (QED) is 0.935. The maximum Gasteiger partial charge on any atom is 0.180 e. The molecule has 0 amide bonds. The maximum absolute atomic E-state index is 12.1. The lowest BCUT2D eigenvalue weighted by Gasteiger charge is -2.15. The largest absolute Gasteiger partial charge is 0.293 e. The van der Waals surface area contributed by atoms with E-state index < -0.39 is 9.84 Å². The molecule has 0 radical (unpaired) electrons. The molecular formula is C14H18N2O2S. The van der Waals surface area contributed by atoms with E-state index >= 15 is 0 Å². The lowest BCUT2D eigenvalue weighted by atomic mass is 10.3. The molecule has 2 aromatic rings. The van der Waals surface area contributed by atoms with Gasteiger partial charge in [-0.2, -0.15) is 0 Å². The first kappa shape index (κ1) is 13.7. The number of benzene rings is 1. The molecule has 19 heavy (non-hydrogen) atoms. The van der Waals surface area contributed by atoms with Gasteiger partial charge in [0.1, 0.15) is 0 Å². The van der Waals surface area contributed by atoms with Gasteiger partial charge < -0.3 is 0 Å². The van der Waals surface area contributed by atoms with Gasteiger partial charge in [0.2, 0.25) is 0 Å². The lowest BCUT2D eigenvalue weighted by molar-refractivity contribution is 0.597. The molecule has 0 atom stereocenters. The molecule has 0 fully saturated rings. The molecular weight excluding hydrogens is 260 g/mol. The van der Waals surface area contributed by atoms with E-state index in [1.165, 1.54) is 0 Å². The standard InChI is InChI=1S/C14H18N2O2S/c1-4-19(17,18)14-8-6-5-7-13(14)15-16-11(2)9-10-12(16)3/h5-10,15H,4H2,1-3H3. The van der Waals surface area contributed by atoms with Crippen LogP contribution in [0, 0.1) is 13.8 Å². The average molecular weight is 278 g/mol. The van der Waals surface area contributed by atoms with Crippen LogP contribution in [0.25, 0.3) is 0 Å². The van der Waals surface area contributed by atoms with Crippen molar-refractivity contribution in [2.45, 2.75) is 25.7 Å². The second-order valence-electron chi connectivity index (χ2n) is 4.46. The van der Waals surface area contributed by atoms with Crippen LogP contribution in [0.5, 0.6) is 0 Å². The van der Waals surface area contributed by atoms with Crippen molar-refractivity contribution in [1.29, 1.82) is 0 Å². The Hall–Kier alpha value is -1.75. The van der Waals surface area contributed by atoms with Crippen LogP contribution in [-0.4, -0.2) is 18.8 Å². The van der Waals surface area contributed by atoms with E-state index in [0.29, 0.717) is 10.6 Å². The first-order valence-electron chi connectivity index (χ1n) is 6.19. The Morgan fingerprint density at radius 2 is 1.63 bits per heavy atom. The first-order chi connectivity index (χ1) is 8.95. The van der Waals surface area contributed by atoms with Crippen LogP contribution < -0.4 is 5.43 Å². The molecule has 0 saturated heterocycles. The lowest BCUT2D eigenvalue weighted by Crippen LogP contribution is -2.15. The summed E-state index contributed by atoms with van der Waals surface area (Å²) in [6.07, 6.45) is 0. The number of hydrogen-bond acceptors (Lipinski definition) is 3. The highest BCUT2D eigenvalue weighted by Crippen LogP contribution is 2.23. The Labute approximate surface area is 114 Å². The zero-order chi connectivity index (χ0) is 14.0. The molecule has 0 aliphatic rings. The van der Waals surface area contributed by atoms with Crippen LogP contribution in [-0.2, 0) is 9.84 Å². The van der Waals surface area contributed by atoms with Gasteiger partial charge in [-0.25, -0.2) is 8.42 Å². The molecule has 2 rings (SSSR count). The molecule has 4 nitrogen and oxygen atoms in total. The van der Waals surface area contributed by atoms with Crippen LogP contribution in [0.15, 0.2) is 41.3 Å². The number of anilines is 1. The minimum Gasteiger partial charge on any atom is -0.293 e. The van der Waals surface area contributed by atoms with Gasteiger partial charge in [0.05, 0.1) is 16.3 Å². The third kappa shape index (κ3) is 2.66. The van der Waals surface area contributed by atoms with Crippen LogP contribution in [0.2, 0.25) is 0 Å².